The van der Waals surface area contributed by atoms with Crippen molar-refractivity contribution in [3.63, 3.8) is 0 Å². The molecule has 0 fully saturated rings. The van der Waals surface area contributed by atoms with E-state index in [1.807, 2.05) is 30.3 Å². The lowest BCUT2D eigenvalue weighted by molar-refractivity contribution is -0.137. The molecule has 2 aromatic carbocycles. The van der Waals surface area contributed by atoms with Crippen LogP contribution in [0.25, 0.3) is 11.2 Å². The Balaban J connectivity index is 1.44. The van der Waals surface area contributed by atoms with Crippen LogP contribution in [0.5, 0.6) is 0 Å². The van der Waals surface area contributed by atoms with E-state index in [2.05, 4.69) is 25.6 Å². The molecule has 7 nitrogen and oxygen atoms in total. The maximum atomic E-state index is 12.8. The zero-order valence-corrected chi connectivity index (χ0v) is 16.7. The van der Waals surface area contributed by atoms with Crippen molar-refractivity contribution in [1.82, 2.24) is 25.0 Å². The van der Waals surface area contributed by atoms with Crippen molar-refractivity contribution in [3.8, 4) is 0 Å². The van der Waals surface area contributed by atoms with Gasteiger partial charge in [0.2, 0.25) is 5.91 Å². The summed E-state index contributed by atoms with van der Waals surface area (Å²) < 4.78 is 40.1. The minimum atomic E-state index is -4.48. The van der Waals surface area contributed by atoms with Crippen LogP contribution in [0, 0.1) is 0 Å². The minimum absolute atomic E-state index is 0.0616. The van der Waals surface area contributed by atoms with E-state index < -0.39 is 17.6 Å². The van der Waals surface area contributed by atoms with E-state index >= 15 is 0 Å². The zero-order chi connectivity index (χ0) is 21.8. The molecule has 0 bridgehead atoms. The number of hydrogen-bond donors (Lipinski definition) is 1. The lowest BCUT2D eigenvalue weighted by atomic mass is 10.2. The van der Waals surface area contributed by atoms with Crippen LogP contribution in [0.1, 0.15) is 11.1 Å². The molecule has 4 aromatic rings. The third-order valence-electron chi connectivity index (χ3n) is 4.26. The van der Waals surface area contributed by atoms with Gasteiger partial charge in [-0.3, -0.25) is 4.79 Å². The second-order valence-electron chi connectivity index (χ2n) is 6.50. The standard InChI is InChI=1S/C20H15F3N6OS/c21-20(22,23)14-7-4-8-15(9-14)26-16(30)11-31-19-17-18(24-12-25-19)29(28-27-17)10-13-5-2-1-3-6-13/h1-9,12H,10-11H2,(H,26,30). The van der Waals surface area contributed by atoms with E-state index in [1.54, 1.807) is 4.68 Å². The Morgan fingerprint density at radius 3 is 2.65 bits per heavy atom. The molecule has 2 aromatic heterocycles. The number of aromatic nitrogens is 5. The number of nitrogens with one attached hydrogen (secondary N) is 1. The summed E-state index contributed by atoms with van der Waals surface area (Å²) in [6, 6.07) is 14.2. The smallest absolute Gasteiger partial charge is 0.325 e. The van der Waals surface area contributed by atoms with E-state index in [4.69, 9.17) is 0 Å². The highest BCUT2D eigenvalue weighted by Crippen LogP contribution is 2.31. The average Bonchev–Trinajstić information content (AvgIpc) is 3.16. The van der Waals surface area contributed by atoms with Crippen molar-refractivity contribution >= 4 is 34.5 Å². The second kappa shape index (κ2) is 8.72. The number of rotatable bonds is 6. The molecule has 0 aliphatic heterocycles. The maximum absolute atomic E-state index is 12.8. The highest BCUT2D eigenvalue weighted by atomic mass is 32.2. The highest BCUT2D eigenvalue weighted by Gasteiger charge is 2.30. The van der Waals surface area contributed by atoms with Gasteiger partial charge in [0, 0.05) is 5.69 Å². The first kappa shape index (κ1) is 20.8. The van der Waals surface area contributed by atoms with E-state index in [9.17, 15) is 18.0 Å². The van der Waals surface area contributed by atoms with Gasteiger partial charge in [0.25, 0.3) is 0 Å². The summed E-state index contributed by atoms with van der Waals surface area (Å²) in [5.74, 6) is -0.527. The summed E-state index contributed by atoms with van der Waals surface area (Å²) >= 11 is 1.11. The van der Waals surface area contributed by atoms with E-state index in [-0.39, 0.29) is 11.4 Å². The Kier molecular flexibility index (Phi) is 5.85. The van der Waals surface area contributed by atoms with Gasteiger partial charge in [-0.1, -0.05) is 53.4 Å². The lowest BCUT2D eigenvalue weighted by Gasteiger charge is -2.09. The van der Waals surface area contributed by atoms with Gasteiger partial charge < -0.3 is 5.32 Å². The molecule has 0 atom stereocenters. The largest absolute Gasteiger partial charge is 0.416 e. The van der Waals surface area contributed by atoms with Gasteiger partial charge in [0.1, 0.15) is 11.4 Å². The third-order valence-corrected chi connectivity index (χ3v) is 5.23. The summed E-state index contributed by atoms with van der Waals surface area (Å²) in [6.45, 7) is 0.481. The van der Waals surface area contributed by atoms with Gasteiger partial charge in [-0.05, 0) is 23.8 Å². The fourth-order valence-electron chi connectivity index (χ4n) is 2.84. The molecule has 2 heterocycles. The van der Waals surface area contributed by atoms with Gasteiger partial charge in [-0.25, -0.2) is 14.6 Å². The quantitative estimate of drug-likeness (QED) is 0.357. The molecule has 0 saturated carbocycles. The number of fused-ring (bicyclic) bond motifs is 1. The van der Waals surface area contributed by atoms with E-state index in [0.29, 0.717) is 22.7 Å². The van der Waals surface area contributed by atoms with E-state index in [0.717, 1.165) is 29.5 Å². The Hall–Kier alpha value is -3.47. The number of alkyl halides is 3. The molecule has 0 aliphatic carbocycles. The van der Waals surface area contributed by atoms with Crippen molar-refractivity contribution < 1.29 is 18.0 Å². The first-order valence-electron chi connectivity index (χ1n) is 9.08. The molecule has 11 heteroatoms. The molecule has 31 heavy (non-hydrogen) atoms. The average molecular weight is 444 g/mol. The lowest BCUT2D eigenvalue weighted by Crippen LogP contribution is -2.15. The van der Waals surface area contributed by atoms with Crippen molar-refractivity contribution in [1.29, 1.82) is 0 Å². The molecule has 0 spiro atoms. The predicted octanol–water partition coefficient (Wildman–Crippen LogP) is 4.02. The van der Waals surface area contributed by atoms with Crippen LogP contribution in [-0.2, 0) is 17.5 Å². The molecule has 0 radical (unpaired) electrons. The summed E-state index contributed by atoms with van der Waals surface area (Å²) in [4.78, 5) is 20.6. The minimum Gasteiger partial charge on any atom is -0.325 e. The van der Waals surface area contributed by atoms with Crippen molar-refractivity contribution in [3.05, 3.63) is 72.1 Å². The summed E-state index contributed by atoms with van der Waals surface area (Å²) in [5.41, 5.74) is 1.25. The zero-order valence-electron chi connectivity index (χ0n) is 15.9. The fraction of sp³-hybridized carbons (Fsp3) is 0.150. The molecule has 0 unspecified atom stereocenters. The Morgan fingerprint density at radius 2 is 1.87 bits per heavy atom. The van der Waals surface area contributed by atoms with Gasteiger partial charge in [0.15, 0.2) is 11.2 Å². The van der Waals surface area contributed by atoms with Gasteiger partial charge in [0.05, 0.1) is 17.9 Å². The number of carbonyl (C=O) groups is 1. The van der Waals surface area contributed by atoms with Crippen molar-refractivity contribution in [2.75, 3.05) is 11.1 Å². The molecular formula is C20H15F3N6OS. The number of nitrogens with zero attached hydrogens (tertiary/aromatic N) is 5. The van der Waals surface area contributed by atoms with Crippen molar-refractivity contribution in [2.24, 2.45) is 0 Å². The van der Waals surface area contributed by atoms with Crippen molar-refractivity contribution in [2.45, 2.75) is 17.7 Å². The van der Waals surface area contributed by atoms with Gasteiger partial charge in [-0.2, -0.15) is 13.2 Å². The Labute approximate surface area is 178 Å². The van der Waals surface area contributed by atoms with Crippen LogP contribution in [0.2, 0.25) is 0 Å². The molecule has 0 saturated heterocycles. The summed E-state index contributed by atoms with van der Waals surface area (Å²) in [6.07, 6.45) is -3.12. The Morgan fingerprint density at radius 1 is 1.06 bits per heavy atom. The number of carbonyl (C=O) groups excluding carboxylic acids is 1. The van der Waals surface area contributed by atoms with Crippen LogP contribution in [0.3, 0.4) is 0 Å². The summed E-state index contributed by atoms with van der Waals surface area (Å²) in [5, 5.41) is 11.2. The van der Waals surface area contributed by atoms with Crippen LogP contribution >= 0.6 is 11.8 Å². The van der Waals surface area contributed by atoms with Crippen LogP contribution in [0.15, 0.2) is 66.0 Å². The van der Waals surface area contributed by atoms with E-state index in [1.165, 1.54) is 18.5 Å². The van der Waals surface area contributed by atoms with Crippen LogP contribution in [-0.4, -0.2) is 36.6 Å². The number of thioether (sulfide) groups is 1. The monoisotopic (exact) mass is 444 g/mol. The first-order valence-corrected chi connectivity index (χ1v) is 10.1. The summed E-state index contributed by atoms with van der Waals surface area (Å²) in [7, 11) is 0. The van der Waals surface area contributed by atoms with Crippen LogP contribution in [0.4, 0.5) is 18.9 Å². The predicted molar refractivity (Wildman–Crippen MR) is 109 cm³/mol. The molecular weight excluding hydrogens is 429 g/mol. The molecule has 158 valence electrons. The number of benzene rings is 2. The highest BCUT2D eigenvalue weighted by molar-refractivity contribution is 8.00. The SMILES string of the molecule is O=C(CSc1ncnc2c1nnn2Cc1ccccc1)Nc1cccc(C(F)(F)F)c1. The molecule has 1 N–H and O–H groups in total. The fourth-order valence-corrected chi connectivity index (χ4v) is 3.57. The number of hydrogen-bond acceptors (Lipinski definition) is 6. The van der Waals surface area contributed by atoms with Crippen LogP contribution < -0.4 is 5.32 Å². The third kappa shape index (κ3) is 5.00. The maximum Gasteiger partial charge on any atom is 0.416 e. The normalized spacial score (nSPS) is 11.6. The number of amides is 1. The molecule has 0 aliphatic rings. The molecule has 1 amide bonds. The molecule has 4 rings (SSSR count). The number of anilines is 1. The number of halogens is 3. The topological polar surface area (TPSA) is 85.6 Å². The van der Waals surface area contributed by atoms with Gasteiger partial charge >= 0.3 is 6.18 Å². The second-order valence-corrected chi connectivity index (χ2v) is 7.46. The van der Waals surface area contributed by atoms with Gasteiger partial charge in [-0.15, -0.1) is 5.10 Å². The first-order chi connectivity index (χ1) is 14.9. The Bertz CT molecular complexity index is 1210.